The van der Waals surface area contributed by atoms with Gasteiger partial charge in [-0.2, -0.15) is 5.26 Å². The van der Waals surface area contributed by atoms with Gasteiger partial charge in [0.15, 0.2) is 11.5 Å². The zero-order valence-electron chi connectivity index (χ0n) is 9.62. The molecule has 2 N–H and O–H groups in total. The molecule has 1 aromatic heterocycles. The Balaban J connectivity index is 2.29. The molecular weight excluding hydrogens is 232 g/mol. The zero-order valence-corrected chi connectivity index (χ0v) is 9.62. The fourth-order valence-electron chi connectivity index (χ4n) is 1.30. The van der Waals surface area contributed by atoms with Crippen LogP contribution in [0.4, 0.5) is 5.69 Å². The van der Waals surface area contributed by atoms with Crippen molar-refractivity contribution in [1.29, 1.82) is 5.26 Å². The molecule has 2 rings (SSSR count). The van der Waals surface area contributed by atoms with Gasteiger partial charge in [0.05, 0.1) is 36.8 Å². The highest BCUT2D eigenvalue weighted by molar-refractivity contribution is 5.47. The number of benzene rings is 1. The van der Waals surface area contributed by atoms with Gasteiger partial charge >= 0.3 is 6.01 Å². The molecule has 6 heteroatoms. The minimum Gasteiger partial charge on any atom is -0.493 e. The van der Waals surface area contributed by atoms with Crippen LogP contribution in [0.5, 0.6) is 17.5 Å². The number of nitrogens with two attached hydrogens (primary N) is 1. The number of nitrogen functional groups attached to an aromatic ring is 1. The van der Waals surface area contributed by atoms with Crippen LogP contribution in [-0.2, 0) is 0 Å². The number of rotatable bonds is 3. The van der Waals surface area contributed by atoms with Gasteiger partial charge in [-0.15, -0.1) is 0 Å². The lowest BCUT2D eigenvalue weighted by atomic mass is 10.2. The molecule has 2 aromatic rings. The van der Waals surface area contributed by atoms with Crippen molar-refractivity contribution < 1.29 is 9.47 Å². The first-order valence-corrected chi connectivity index (χ1v) is 5.06. The molecule has 0 saturated heterocycles. The van der Waals surface area contributed by atoms with Gasteiger partial charge in [-0.05, 0) is 12.1 Å². The molecule has 0 aliphatic carbocycles. The Bertz CT molecular complexity index is 590. The second-order valence-electron chi connectivity index (χ2n) is 3.38. The quantitative estimate of drug-likeness (QED) is 0.880. The average Bonchev–Trinajstić information content (AvgIpc) is 2.41. The maximum Gasteiger partial charge on any atom is 0.322 e. The normalized spacial score (nSPS) is 9.56. The van der Waals surface area contributed by atoms with E-state index in [1.54, 1.807) is 18.2 Å². The summed E-state index contributed by atoms with van der Waals surface area (Å²) in [5.74, 6) is 0.871. The van der Waals surface area contributed by atoms with Crippen LogP contribution in [0.3, 0.4) is 0 Å². The van der Waals surface area contributed by atoms with Gasteiger partial charge in [-0.25, -0.2) is 9.97 Å². The van der Waals surface area contributed by atoms with Crippen LogP contribution in [0.15, 0.2) is 30.6 Å². The maximum atomic E-state index is 8.78. The first kappa shape index (κ1) is 11.7. The van der Waals surface area contributed by atoms with E-state index in [2.05, 4.69) is 9.97 Å². The molecule has 0 radical (unpaired) electrons. The lowest BCUT2D eigenvalue weighted by Gasteiger charge is -2.08. The molecule has 1 heterocycles. The van der Waals surface area contributed by atoms with Crippen LogP contribution in [0, 0.1) is 11.3 Å². The smallest absolute Gasteiger partial charge is 0.322 e. The van der Waals surface area contributed by atoms with Crippen LogP contribution in [0.1, 0.15) is 5.56 Å². The third-order valence-corrected chi connectivity index (χ3v) is 2.14. The van der Waals surface area contributed by atoms with E-state index < -0.39 is 0 Å². The molecule has 0 amide bonds. The molecule has 0 aliphatic heterocycles. The molecular formula is C12H10N4O2. The average molecular weight is 242 g/mol. The number of hydrogen-bond donors (Lipinski definition) is 1. The van der Waals surface area contributed by atoms with Gasteiger partial charge in [0.2, 0.25) is 0 Å². The lowest BCUT2D eigenvalue weighted by Crippen LogP contribution is -1.96. The highest BCUT2D eigenvalue weighted by Gasteiger charge is 2.08. The molecule has 0 atom stereocenters. The third-order valence-electron chi connectivity index (χ3n) is 2.14. The SMILES string of the molecule is COc1cc(C#N)ccc1Oc1ncc(N)cn1. The van der Waals surface area contributed by atoms with Crippen LogP contribution >= 0.6 is 0 Å². The predicted molar refractivity (Wildman–Crippen MR) is 64.2 cm³/mol. The number of hydrogen-bond acceptors (Lipinski definition) is 6. The number of ether oxygens (including phenoxy) is 2. The molecule has 6 nitrogen and oxygen atoms in total. The number of nitriles is 1. The van der Waals surface area contributed by atoms with Crippen LogP contribution in [-0.4, -0.2) is 17.1 Å². The highest BCUT2D eigenvalue weighted by Crippen LogP contribution is 2.30. The number of anilines is 1. The van der Waals surface area contributed by atoms with Crippen molar-refractivity contribution in [1.82, 2.24) is 9.97 Å². The summed E-state index contributed by atoms with van der Waals surface area (Å²) in [4.78, 5) is 7.83. The fourth-order valence-corrected chi connectivity index (χ4v) is 1.30. The Kier molecular flexibility index (Phi) is 3.25. The van der Waals surface area contributed by atoms with Gasteiger partial charge < -0.3 is 15.2 Å². The molecule has 90 valence electrons. The van der Waals surface area contributed by atoms with Gasteiger partial charge in [0.1, 0.15) is 0 Å². The fraction of sp³-hybridized carbons (Fsp3) is 0.0833. The first-order valence-electron chi connectivity index (χ1n) is 5.06. The van der Waals surface area contributed by atoms with Gasteiger partial charge in [-0.3, -0.25) is 0 Å². The molecule has 0 aliphatic rings. The summed E-state index contributed by atoms with van der Waals surface area (Å²) in [5, 5.41) is 8.78. The Labute approximate surface area is 104 Å². The summed E-state index contributed by atoms with van der Waals surface area (Å²) in [6.45, 7) is 0. The summed E-state index contributed by atoms with van der Waals surface area (Å²) >= 11 is 0. The third kappa shape index (κ3) is 2.47. The van der Waals surface area contributed by atoms with E-state index >= 15 is 0 Å². The number of aromatic nitrogens is 2. The van der Waals surface area contributed by atoms with Crippen molar-refractivity contribution in [2.75, 3.05) is 12.8 Å². The van der Waals surface area contributed by atoms with Crippen molar-refractivity contribution in [3.05, 3.63) is 36.2 Å². The van der Waals surface area contributed by atoms with Crippen molar-refractivity contribution in [2.45, 2.75) is 0 Å². The Hall–Kier alpha value is -2.81. The molecule has 0 spiro atoms. The summed E-state index contributed by atoms with van der Waals surface area (Å²) < 4.78 is 10.6. The summed E-state index contributed by atoms with van der Waals surface area (Å²) in [5.41, 5.74) is 6.41. The molecule has 1 aromatic carbocycles. The standard InChI is InChI=1S/C12H10N4O2/c1-17-11-4-8(5-13)2-3-10(11)18-12-15-6-9(14)7-16-12/h2-4,6-7H,14H2,1H3. The Morgan fingerprint density at radius 3 is 2.56 bits per heavy atom. The van der Waals surface area contributed by atoms with Gasteiger partial charge in [-0.1, -0.05) is 0 Å². The van der Waals surface area contributed by atoms with E-state index in [9.17, 15) is 0 Å². The van der Waals surface area contributed by atoms with E-state index in [1.165, 1.54) is 19.5 Å². The van der Waals surface area contributed by atoms with Crippen molar-refractivity contribution in [3.8, 4) is 23.6 Å². The number of nitrogens with zero attached hydrogens (tertiary/aromatic N) is 3. The second-order valence-corrected chi connectivity index (χ2v) is 3.38. The minimum atomic E-state index is 0.159. The van der Waals surface area contributed by atoms with E-state index in [-0.39, 0.29) is 6.01 Å². The zero-order chi connectivity index (χ0) is 13.0. The van der Waals surface area contributed by atoms with Crippen LogP contribution in [0.2, 0.25) is 0 Å². The van der Waals surface area contributed by atoms with Gasteiger partial charge in [0.25, 0.3) is 0 Å². The second kappa shape index (κ2) is 5.01. The van der Waals surface area contributed by atoms with Crippen molar-refractivity contribution in [2.24, 2.45) is 0 Å². The van der Waals surface area contributed by atoms with Crippen LogP contribution < -0.4 is 15.2 Å². The summed E-state index contributed by atoms with van der Waals surface area (Å²) in [6.07, 6.45) is 2.89. The molecule has 0 saturated carbocycles. The topological polar surface area (TPSA) is 94.0 Å². The van der Waals surface area contributed by atoms with E-state index in [0.717, 1.165) is 0 Å². The van der Waals surface area contributed by atoms with E-state index in [1.807, 2.05) is 6.07 Å². The van der Waals surface area contributed by atoms with Crippen LogP contribution in [0.25, 0.3) is 0 Å². The molecule has 0 unspecified atom stereocenters. The molecule has 0 fully saturated rings. The molecule has 18 heavy (non-hydrogen) atoms. The van der Waals surface area contributed by atoms with Crippen molar-refractivity contribution >= 4 is 5.69 Å². The van der Waals surface area contributed by atoms with E-state index in [0.29, 0.717) is 22.7 Å². The van der Waals surface area contributed by atoms with Crippen molar-refractivity contribution in [3.63, 3.8) is 0 Å². The number of methoxy groups -OCH3 is 1. The monoisotopic (exact) mass is 242 g/mol. The molecule has 0 bridgehead atoms. The lowest BCUT2D eigenvalue weighted by molar-refractivity contribution is 0.368. The Morgan fingerprint density at radius 1 is 1.22 bits per heavy atom. The summed E-state index contributed by atoms with van der Waals surface area (Å²) in [7, 11) is 1.49. The predicted octanol–water partition coefficient (Wildman–Crippen LogP) is 1.73. The Morgan fingerprint density at radius 2 is 1.94 bits per heavy atom. The summed E-state index contributed by atoms with van der Waals surface area (Å²) in [6, 6.07) is 6.99. The largest absolute Gasteiger partial charge is 0.493 e. The van der Waals surface area contributed by atoms with Gasteiger partial charge in [0, 0.05) is 6.07 Å². The van der Waals surface area contributed by atoms with E-state index in [4.69, 9.17) is 20.5 Å². The first-order chi connectivity index (χ1) is 8.72. The maximum absolute atomic E-state index is 8.78. The highest BCUT2D eigenvalue weighted by atomic mass is 16.5. The minimum absolute atomic E-state index is 0.159.